The average molecular weight is 322 g/mol. The third-order valence-electron chi connectivity index (χ3n) is 2.67. The van der Waals surface area contributed by atoms with Gasteiger partial charge in [-0.2, -0.15) is 5.10 Å². The molecule has 0 radical (unpaired) electrons. The summed E-state index contributed by atoms with van der Waals surface area (Å²) in [7, 11) is 0. The number of hydrogen-bond donors (Lipinski definition) is 2. The summed E-state index contributed by atoms with van der Waals surface area (Å²) in [5.74, 6) is -0.439. The Morgan fingerprint density at radius 3 is 2.62 bits per heavy atom. The number of thiocarbonyl (C=S) groups is 1. The van der Waals surface area contributed by atoms with E-state index < -0.39 is 5.82 Å². The van der Waals surface area contributed by atoms with Gasteiger partial charge in [0.25, 0.3) is 0 Å². The van der Waals surface area contributed by atoms with Gasteiger partial charge < -0.3 is 5.32 Å². The monoisotopic (exact) mass is 321 g/mol. The van der Waals surface area contributed by atoms with Crippen molar-refractivity contribution in [2.75, 3.05) is 5.32 Å². The van der Waals surface area contributed by atoms with E-state index in [1.165, 1.54) is 18.3 Å². The zero-order valence-corrected chi connectivity index (χ0v) is 12.8. The van der Waals surface area contributed by atoms with Crippen LogP contribution in [0.25, 0.3) is 0 Å². The molecule has 108 valence electrons. The average Bonchev–Trinajstić information content (AvgIpc) is 2.45. The van der Waals surface area contributed by atoms with E-state index in [2.05, 4.69) is 15.8 Å². The van der Waals surface area contributed by atoms with Crippen LogP contribution >= 0.6 is 23.8 Å². The topological polar surface area (TPSA) is 36.4 Å². The molecule has 0 unspecified atom stereocenters. The van der Waals surface area contributed by atoms with Crippen molar-refractivity contribution in [3.63, 3.8) is 0 Å². The van der Waals surface area contributed by atoms with Gasteiger partial charge in [-0.1, -0.05) is 35.4 Å². The van der Waals surface area contributed by atoms with E-state index in [1.807, 2.05) is 31.2 Å². The van der Waals surface area contributed by atoms with Gasteiger partial charge in [-0.3, -0.25) is 5.43 Å². The van der Waals surface area contributed by atoms with Gasteiger partial charge >= 0.3 is 0 Å². The third kappa shape index (κ3) is 4.51. The molecule has 2 rings (SSSR count). The van der Waals surface area contributed by atoms with Crippen molar-refractivity contribution < 1.29 is 4.39 Å². The highest BCUT2D eigenvalue weighted by Crippen LogP contribution is 2.16. The molecule has 0 aliphatic carbocycles. The predicted molar refractivity (Wildman–Crippen MR) is 89.5 cm³/mol. The summed E-state index contributed by atoms with van der Waals surface area (Å²) in [6.45, 7) is 2.00. The van der Waals surface area contributed by atoms with E-state index in [0.29, 0.717) is 5.11 Å². The normalized spacial score (nSPS) is 10.6. The van der Waals surface area contributed by atoms with Gasteiger partial charge in [-0.25, -0.2) is 4.39 Å². The van der Waals surface area contributed by atoms with Gasteiger partial charge in [0.05, 0.1) is 11.2 Å². The molecule has 2 N–H and O–H groups in total. The Balaban J connectivity index is 1.95. The van der Waals surface area contributed by atoms with E-state index in [4.69, 9.17) is 23.8 Å². The van der Waals surface area contributed by atoms with Crippen LogP contribution < -0.4 is 10.7 Å². The number of hydrogen-bond acceptors (Lipinski definition) is 2. The van der Waals surface area contributed by atoms with Gasteiger partial charge in [0.2, 0.25) is 0 Å². The lowest BCUT2D eigenvalue weighted by atomic mass is 10.2. The van der Waals surface area contributed by atoms with Crippen molar-refractivity contribution in [3.05, 3.63) is 64.4 Å². The van der Waals surface area contributed by atoms with Crippen LogP contribution in [0.3, 0.4) is 0 Å². The maximum atomic E-state index is 13.5. The molecule has 0 spiro atoms. The van der Waals surface area contributed by atoms with Crippen molar-refractivity contribution in [3.8, 4) is 0 Å². The van der Waals surface area contributed by atoms with Crippen LogP contribution in [-0.2, 0) is 0 Å². The number of anilines is 1. The number of nitrogens with zero attached hydrogens (tertiary/aromatic N) is 1. The minimum atomic E-state index is -0.439. The van der Waals surface area contributed by atoms with Crippen molar-refractivity contribution >= 4 is 40.8 Å². The molecule has 0 saturated heterocycles. The molecule has 6 heteroatoms. The summed E-state index contributed by atoms with van der Waals surface area (Å²) in [4.78, 5) is 0. The number of nitrogens with one attached hydrogen (secondary N) is 2. The minimum Gasteiger partial charge on any atom is -0.331 e. The molecule has 2 aromatic carbocycles. The quantitative estimate of drug-likeness (QED) is 0.507. The first-order valence-corrected chi connectivity index (χ1v) is 6.95. The molecule has 0 atom stereocenters. The number of halogens is 2. The molecule has 0 aliphatic rings. The second kappa shape index (κ2) is 7.15. The van der Waals surface area contributed by atoms with Crippen LogP contribution in [0.15, 0.2) is 47.6 Å². The molecule has 0 amide bonds. The second-order valence-electron chi connectivity index (χ2n) is 4.33. The van der Waals surface area contributed by atoms with Crippen LogP contribution in [0.5, 0.6) is 0 Å². The van der Waals surface area contributed by atoms with Gasteiger partial charge in [-0.05, 0) is 43.4 Å². The number of aryl methyl sites for hydroxylation is 1. The Labute approximate surface area is 132 Å². The summed E-state index contributed by atoms with van der Waals surface area (Å²) in [5.41, 5.74) is 4.83. The Kier molecular flexibility index (Phi) is 5.25. The first kappa shape index (κ1) is 15.4. The van der Waals surface area contributed by atoms with Gasteiger partial charge in [0.1, 0.15) is 5.82 Å². The Hall–Kier alpha value is -1.98. The van der Waals surface area contributed by atoms with Crippen molar-refractivity contribution in [2.45, 2.75) is 6.92 Å². The molecule has 0 heterocycles. The zero-order chi connectivity index (χ0) is 15.2. The first-order chi connectivity index (χ1) is 10.1. The largest absolute Gasteiger partial charge is 0.331 e. The number of hydrazone groups is 1. The second-order valence-corrected chi connectivity index (χ2v) is 5.14. The van der Waals surface area contributed by atoms with Crippen LogP contribution in [0.1, 0.15) is 11.1 Å². The highest BCUT2D eigenvalue weighted by atomic mass is 35.5. The first-order valence-electron chi connectivity index (χ1n) is 6.17. The lowest BCUT2D eigenvalue weighted by Crippen LogP contribution is -2.23. The van der Waals surface area contributed by atoms with Crippen molar-refractivity contribution in [1.82, 2.24) is 5.43 Å². The maximum Gasteiger partial charge on any atom is 0.191 e. The highest BCUT2D eigenvalue weighted by Gasteiger charge is 2.03. The van der Waals surface area contributed by atoms with E-state index in [1.54, 1.807) is 6.07 Å². The Bertz CT molecular complexity index is 651. The standard InChI is InChI=1S/C15H13ClFN3S/c1-10-5-7-11(8-6-10)19-15(21)20-18-9-12-13(16)3-2-4-14(12)17/h2-9H,1H3,(H2,19,20,21)/b18-9+. The number of benzene rings is 2. The third-order valence-corrected chi connectivity index (χ3v) is 3.19. The molecule has 0 aliphatic heterocycles. The lowest BCUT2D eigenvalue weighted by Gasteiger charge is -2.07. The van der Waals surface area contributed by atoms with E-state index in [9.17, 15) is 4.39 Å². The zero-order valence-electron chi connectivity index (χ0n) is 11.2. The van der Waals surface area contributed by atoms with Gasteiger partial charge in [0, 0.05) is 11.3 Å². The summed E-state index contributed by atoms with van der Waals surface area (Å²) in [6, 6.07) is 12.2. The van der Waals surface area contributed by atoms with Crippen LogP contribution in [0.2, 0.25) is 5.02 Å². The summed E-state index contributed by atoms with van der Waals surface area (Å²) >= 11 is 11.0. The Morgan fingerprint density at radius 1 is 1.24 bits per heavy atom. The van der Waals surface area contributed by atoms with E-state index in [0.717, 1.165) is 11.3 Å². The maximum absolute atomic E-state index is 13.5. The fraction of sp³-hybridized carbons (Fsp3) is 0.0667. The van der Waals surface area contributed by atoms with Crippen LogP contribution in [-0.4, -0.2) is 11.3 Å². The lowest BCUT2D eigenvalue weighted by molar-refractivity contribution is 0.626. The molecule has 21 heavy (non-hydrogen) atoms. The molecule has 2 aromatic rings. The highest BCUT2D eigenvalue weighted by molar-refractivity contribution is 7.80. The van der Waals surface area contributed by atoms with E-state index >= 15 is 0 Å². The molecule has 0 aromatic heterocycles. The molecule has 0 fully saturated rings. The fourth-order valence-corrected chi connectivity index (χ4v) is 1.97. The molecular formula is C15H13ClFN3S. The van der Waals surface area contributed by atoms with Crippen LogP contribution in [0, 0.1) is 12.7 Å². The molecule has 0 bridgehead atoms. The van der Waals surface area contributed by atoms with Crippen molar-refractivity contribution in [2.24, 2.45) is 5.10 Å². The predicted octanol–water partition coefficient (Wildman–Crippen LogP) is 4.11. The fourth-order valence-electron chi connectivity index (χ4n) is 1.59. The van der Waals surface area contributed by atoms with Crippen molar-refractivity contribution in [1.29, 1.82) is 0 Å². The smallest absolute Gasteiger partial charge is 0.191 e. The molecule has 0 saturated carbocycles. The van der Waals surface area contributed by atoms with Crippen LogP contribution in [0.4, 0.5) is 10.1 Å². The Morgan fingerprint density at radius 2 is 1.95 bits per heavy atom. The van der Waals surface area contributed by atoms with E-state index in [-0.39, 0.29) is 10.6 Å². The molecule has 3 nitrogen and oxygen atoms in total. The molecular weight excluding hydrogens is 309 g/mol. The summed E-state index contributed by atoms with van der Waals surface area (Å²) in [5, 5.41) is 7.44. The summed E-state index contributed by atoms with van der Waals surface area (Å²) in [6.07, 6.45) is 1.29. The van der Waals surface area contributed by atoms with Gasteiger partial charge in [-0.15, -0.1) is 0 Å². The summed E-state index contributed by atoms with van der Waals surface area (Å²) < 4.78 is 13.5. The minimum absolute atomic E-state index is 0.213. The SMILES string of the molecule is Cc1ccc(NC(=S)N/N=C/c2c(F)cccc2Cl)cc1. The van der Waals surface area contributed by atoms with Gasteiger partial charge in [0.15, 0.2) is 5.11 Å². The number of rotatable bonds is 3.